The maximum Gasteiger partial charge on any atom is 0.245 e. The first-order chi connectivity index (χ1) is 23.6. The van der Waals surface area contributed by atoms with Gasteiger partial charge in [0.1, 0.15) is 17.1 Å². The number of fused-ring (bicyclic) bond motifs is 3. The van der Waals surface area contributed by atoms with E-state index in [4.69, 9.17) is 28.9 Å². The summed E-state index contributed by atoms with van der Waals surface area (Å²) < 4.78 is 0. The first-order valence-electron chi connectivity index (χ1n) is 16.5. The van der Waals surface area contributed by atoms with E-state index >= 15 is 0 Å². The van der Waals surface area contributed by atoms with Crippen LogP contribution >= 0.6 is 35.0 Å². The Bertz CT molecular complexity index is 1800. The van der Waals surface area contributed by atoms with Crippen LogP contribution < -0.4 is 21.7 Å². The van der Waals surface area contributed by atoms with Gasteiger partial charge in [0.2, 0.25) is 17.7 Å². The zero-order chi connectivity index (χ0) is 35.1. The number of hydrogen-bond acceptors (Lipinski definition) is 7. The fourth-order valence-corrected chi connectivity index (χ4v) is 7.73. The number of carbonyl (C=O) groups excluding carboxylic acids is 3. The number of aromatic amines is 1. The number of amides is 3. The standard InChI is InChI=1S/C36H43Cl2N7O3S/c1-21(2)31-34(47)44-29(12-6-7-13-39)36(48)45(3)30(16-23-19-41-28-11-5-4-10-26(23)28)33(46)43-20-24-15-25(37)17-27(38)32(24)49-35-22(18-42-31)9-8-14-40-35/h4-5,8-11,14-15,17,19,21,29-31,41-42H,6-7,12-13,16,18,20,39H2,1-3H3,(H,43,46)(H,44,47)/t29-,30-,31-/m0/s1. The number of unbranched alkanes of at least 4 members (excludes halogenated alkanes) is 1. The Balaban J connectivity index is 1.58. The fourth-order valence-electron chi connectivity index (χ4n) is 6.08. The van der Waals surface area contributed by atoms with Gasteiger partial charge in [0.15, 0.2) is 0 Å². The number of H-pyrrole nitrogens is 1. The topological polar surface area (TPSA) is 145 Å². The first-order valence-corrected chi connectivity index (χ1v) is 18.1. The Morgan fingerprint density at radius 2 is 1.82 bits per heavy atom. The molecule has 0 aliphatic carbocycles. The molecule has 10 nitrogen and oxygen atoms in total. The quantitative estimate of drug-likeness (QED) is 0.160. The molecule has 0 bridgehead atoms. The number of likely N-dealkylation sites (N-methyl/N-ethyl adjacent to an activating group) is 1. The predicted molar refractivity (Wildman–Crippen MR) is 196 cm³/mol. The van der Waals surface area contributed by atoms with Crippen LogP contribution in [-0.4, -0.2) is 64.3 Å². The van der Waals surface area contributed by atoms with E-state index in [1.807, 2.05) is 56.4 Å². The van der Waals surface area contributed by atoms with Gasteiger partial charge < -0.3 is 31.6 Å². The second kappa shape index (κ2) is 16.9. The van der Waals surface area contributed by atoms with Gasteiger partial charge in [-0.05, 0) is 72.7 Å². The third-order valence-electron chi connectivity index (χ3n) is 8.82. The third-order valence-corrected chi connectivity index (χ3v) is 10.7. The number of aromatic nitrogens is 2. The van der Waals surface area contributed by atoms with E-state index in [9.17, 15) is 14.4 Å². The zero-order valence-electron chi connectivity index (χ0n) is 27.9. The first kappa shape index (κ1) is 36.7. The Labute approximate surface area is 301 Å². The van der Waals surface area contributed by atoms with Crippen molar-refractivity contribution in [2.45, 2.75) is 80.7 Å². The molecule has 5 rings (SSSR count). The molecular formula is C36H43Cl2N7O3S. The van der Waals surface area contributed by atoms with Gasteiger partial charge in [0, 0.05) is 59.8 Å². The molecule has 6 N–H and O–H groups in total. The molecule has 1 aliphatic rings. The maximum absolute atomic E-state index is 14.3. The molecule has 0 spiro atoms. The lowest BCUT2D eigenvalue weighted by Gasteiger charge is -2.32. The number of rotatable bonds is 7. The van der Waals surface area contributed by atoms with Gasteiger partial charge in [-0.2, -0.15) is 0 Å². The summed E-state index contributed by atoms with van der Waals surface area (Å²) in [5.41, 5.74) is 9.18. The average molecular weight is 725 g/mol. The molecule has 0 fully saturated rings. The van der Waals surface area contributed by atoms with Crippen molar-refractivity contribution in [2.75, 3.05) is 13.6 Å². The predicted octanol–water partition coefficient (Wildman–Crippen LogP) is 5.45. The minimum Gasteiger partial charge on any atom is -0.361 e. The monoisotopic (exact) mass is 723 g/mol. The van der Waals surface area contributed by atoms with Crippen LogP contribution in [0.3, 0.4) is 0 Å². The second-order valence-electron chi connectivity index (χ2n) is 12.6. The van der Waals surface area contributed by atoms with Crippen molar-refractivity contribution >= 4 is 63.6 Å². The number of hydrogen-bond donors (Lipinski definition) is 5. The molecule has 13 heteroatoms. The fraction of sp³-hybridized carbons (Fsp3) is 0.389. The number of benzene rings is 2. The van der Waals surface area contributed by atoms with Gasteiger partial charge in [-0.15, -0.1) is 0 Å². The lowest BCUT2D eigenvalue weighted by atomic mass is 9.99. The molecule has 1 aliphatic heterocycles. The lowest BCUT2D eigenvalue weighted by molar-refractivity contribution is -0.142. The molecule has 2 aromatic heterocycles. The van der Waals surface area contributed by atoms with Crippen molar-refractivity contribution in [3.8, 4) is 0 Å². The normalized spacial score (nSPS) is 19.7. The molecule has 0 saturated carbocycles. The third kappa shape index (κ3) is 8.95. The highest BCUT2D eigenvalue weighted by Gasteiger charge is 2.34. The van der Waals surface area contributed by atoms with Gasteiger partial charge in [-0.3, -0.25) is 14.4 Å². The minimum absolute atomic E-state index is 0.0925. The molecule has 3 amide bonds. The van der Waals surface area contributed by atoms with Crippen molar-refractivity contribution in [3.05, 3.63) is 87.7 Å². The highest BCUT2D eigenvalue weighted by molar-refractivity contribution is 7.99. The number of halogens is 2. The second-order valence-corrected chi connectivity index (χ2v) is 14.5. The Hall–Kier alpha value is -3.61. The molecule has 0 radical (unpaired) electrons. The molecule has 260 valence electrons. The highest BCUT2D eigenvalue weighted by atomic mass is 35.5. The minimum atomic E-state index is -0.900. The summed E-state index contributed by atoms with van der Waals surface area (Å²) in [7, 11) is 1.62. The van der Waals surface area contributed by atoms with Crippen LogP contribution in [0.15, 0.2) is 70.8 Å². The van der Waals surface area contributed by atoms with E-state index in [0.29, 0.717) is 57.9 Å². The zero-order valence-corrected chi connectivity index (χ0v) is 30.2. The number of para-hydroxylation sites is 1. The largest absolute Gasteiger partial charge is 0.361 e. The van der Waals surface area contributed by atoms with E-state index in [0.717, 1.165) is 22.0 Å². The number of nitrogens with zero attached hydrogens (tertiary/aromatic N) is 2. The van der Waals surface area contributed by atoms with Crippen LogP contribution in [0, 0.1) is 5.92 Å². The van der Waals surface area contributed by atoms with Crippen LogP contribution in [-0.2, 0) is 33.9 Å². The molecular weight excluding hydrogens is 681 g/mol. The van der Waals surface area contributed by atoms with Crippen LogP contribution in [0.5, 0.6) is 0 Å². The van der Waals surface area contributed by atoms with E-state index < -0.39 is 18.1 Å². The average Bonchev–Trinajstić information content (AvgIpc) is 3.49. The molecule has 4 aromatic rings. The van der Waals surface area contributed by atoms with Gasteiger partial charge in [0.25, 0.3) is 0 Å². The van der Waals surface area contributed by atoms with Gasteiger partial charge in [-0.1, -0.05) is 73.1 Å². The molecule has 2 aromatic carbocycles. The number of nitrogens with one attached hydrogen (secondary N) is 4. The van der Waals surface area contributed by atoms with E-state index in [1.54, 1.807) is 25.4 Å². The summed E-state index contributed by atoms with van der Waals surface area (Å²) in [6.45, 7) is 4.84. The SMILES string of the molecule is CC(C)[C@@H]1NCc2cccnc2Sc2c(Cl)cc(Cl)cc2CNC(=O)[C@H](Cc2c[nH]c3ccccc23)N(C)C(=O)[C@H](CCCCN)NC1=O. The van der Waals surface area contributed by atoms with Crippen molar-refractivity contribution in [2.24, 2.45) is 11.7 Å². The Morgan fingerprint density at radius 3 is 2.59 bits per heavy atom. The number of carbonyl (C=O) groups is 3. The van der Waals surface area contributed by atoms with Crippen LogP contribution in [0.4, 0.5) is 0 Å². The van der Waals surface area contributed by atoms with Gasteiger partial charge in [-0.25, -0.2) is 4.98 Å². The molecule has 3 atom stereocenters. The van der Waals surface area contributed by atoms with Crippen molar-refractivity contribution in [1.82, 2.24) is 30.8 Å². The number of nitrogens with two attached hydrogens (primary N) is 1. The van der Waals surface area contributed by atoms with Crippen LogP contribution in [0.25, 0.3) is 10.9 Å². The van der Waals surface area contributed by atoms with Crippen molar-refractivity contribution in [1.29, 1.82) is 0 Å². The van der Waals surface area contributed by atoms with Gasteiger partial charge >= 0.3 is 0 Å². The maximum atomic E-state index is 14.3. The van der Waals surface area contributed by atoms with Crippen molar-refractivity contribution in [3.63, 3.8) is 0 Å². The number of pyridine rings is 1. The Morgan fingerprint density at radius 1 is 1.02 bits per heavy atom. The molecule has 3 heterocycles. The van der Waals surface area contributed by atoms with E-state index in [-0.39, 0.29) is 36.6 Å². The summed E-state index contributed by atoms with van der Waals surface area (Å²) in [6.07, 6.45) is 5.53. The lowest BCUT2D eigenvalue weighted by Crippen LogP contribution is -2.57. The molecule has 0 unspecified atom stereocenters. The van der Waals surface area contributed by atoms with Crippen LogP contribution in [0.1, 0.15) is 49.8 Å². The Kier molecular flexibility index (Phi) is 12.6. The molecule has 0 saturated heterocycles. The smallest absolute Gasteiger partial charge is 0.245 e. The van der Waals surface area contributed by atoms with Crippen molar-refractivity contribution < 1.29 is 14.4 Å². The van der Waals surface area contributed by atoms with Crippen LogP contribution in [0.2, 0.25) is 10.0 Å². The molecule has 49 heavy (non-hydrogen) atoms. The summed E-state index contributed by atoms with van der Waals surface area (Å²) in [6, 6.07) is 12.7. The van der Waals surface area contributed by atoms with Gasteiger partial charge in [0.05, 0.1) is 11.1 Å². The summed E-state index contributed by atoms with van der Waals surface area (Å²) in [5, 5.41) is 12.0. The van der Waals surface area contributed by atoms with E-state index in [2.05, 4.69) is 25.9 Å². The summed E-state index contributed by atoms with van der Waals surface area (Å²) >= 11 is 14.6. The summed E-state index contributed by atoms with van der Waals surface area (Å²) in [5.74, 6) is -1.10. The summed E-state index contributed by atoms with van der Waals surface area (Å²) in [4.78, 5) is 52.5. The van der Waals surface area contributed by atoms with E-state index in [1.165, 1.54) is 16.7 Å². The highest BCUT2D eigenvalue weighted by Crippen LogP contribution is 2.38.